The van der Waals surface area contributed by atoms with E-state index < -0.39 is 27.3 Å². The van der Waals surface area contributed by atoms with Gasteiger partial charge in [-0.3, -0.25) is 20.2 Å². The maximum Gasteiger partial charge on any atom is 0.337 e. The number of oxazole rings is 2. The highest BCUT2D eigenvalue weighted by molar-refractivity contribution is 5.89. The Morgan fingerprint density at radius 1 is 0.755 bits per heavy atom. The van der Waals surface area contributed by atoms with Crippen molar-refractivity contribution >= 4 is 45.2 Å². The van der Waals surface area contributed by atoms with Crippen LogP contribution in [-0.4, -0.2) is 32.9 Å². The second kappa shape index (κ2) is 13.8. The number of methoxy groups -OCH3 is 1. The molecule has 7 aromatic rings. The lowest BCUT2D eigenvalue weighted by Gasteiger charge is -2.09. The van der Waals surface area contributed by atoms with Crippen LogP contribution in [0.25, 0.3) is 45.1 Å². The summed E-state index contributed by atoms with van der Waals surface area (Å²) in [7, 11) is 1.31. The molecule has 0 atom stereocenters. The zero-order valence-electron chi connectivity index (χ0n) is 25.5. The van der Waals surface area contributed by atoms with Crippen LogP contribution in [0.4, 0.5) is 21.5 Å². The van der Waals surface area contributed by atoms with E-state index in [1.165, 1.54) is 19.2 Å². The number of carbonyl (C=O) groups is 1. The average Bonchev–Trinajstić information content (AvgIpc) is 3.76. The van der Waals surface area contributed by atoms with Crippen LogP contribution in [0.2, 0.25) is 0 Å². The second-order valence-electron chi connectivity index (χ2n) is 10.4. The Bertz CT molecular complexity index is 2290. The summed E-state index contributed by atoms with van der Waals surface area (Å²) in [6.07, 6.45) is 0. The molecule has 2 aromatic heterocycles. The number of carbonyl (C=O) groups excluding carboxylic acids is 1. The molecule has 0 saturated carbocycles. The van der Waals surface area contributed by atoms with Crippen LogP contribution >= 0.6 is 0 Å². The molecule has 0 spiro atoms. The van der Waals surface area contributed by atoms with Gasteiger partial charge in [-0.25, -0.2) is 14.8 Å². The number of para-hydroxylation sites is 4. The van der Waals surface area contributed by atoms with E-state index >= 15 is 0 Å². The van der Waals surface area contributed by atoms with E-state index in [0.29, 0.717) is 57.0 Å². The van der Waals surface area contributed by atoms with Crippen LogP contribution in [-0.2, 0) is 11.3 Å². The topological polar surface area (TPSA) is 177 Å². The number of aromatic nitrogens is 2. The number of fused-ring (bicyclic) bond motifs is 2. The molecule has 0 aliphatic carbocycles. The van der Waals surface area contributed by atoms with Crippen LogP contribution < -0.4 is 5.32 Å². The minimum absolute atomic E-state index is 0.0983. The smallest absolute Gasteiger partial charge is 0.337 e. The lowest BCUT2D eigenvalue weighted by Crippen LogP contribution is -2.05. The second-order valence-corrected chi connectivity index (χ2v) is 10.4. The fourth-order valence-electron chi connectivity index (χ4n) is 4.87. The lowest BCUT2D eigenvalue weighted by molar-refractivity contribution is -0.387. The molecule has 0 amide bonds. The summed E-state index contributed by atoms with van der Waals surface area (Å²) in [6, 6.07) is 29.6. The van der Waals surface area contributed by atoms with Crippen LogP contribution in [0.3, 0.4) is 0 Å². The number of rotatable bonds is 8. The fraction of sp³-hybridized carbons (Fsp3) is 0.0571. The Kier molecular flexibility index (Phi) is 9.01. The van der Waals surface area contributed by atoms with E-state index in [1.807, 2.05) is 30.3 Å². The van der Waals surface area contributed by atoms with Crippen molar-refractivity contribution < 1.29 is 32.6 Å². The summed E-state index contributed by atoms with van der Waals surface area (Å²) >= 11 is 0. The normalized spacial score (nSPS) is 10.7. The number of nitro groups is 2. The molecule has 14 heteroatoms. The summed E-state index contributed by atoms with van der Waals surface area (Å²) in [5, 5.41) is 25.4. The molecule has 5 aromatic carbocycles. The van der Waals surface area contributed by atoms with E-state index in [-0.39, 0.29) is 11.6 Å². The van der Waals surface area contributed by atoms with E-state index in [1.54, 1.807) is 54.6 Å². The number of benzene rings is 5. The van der Waals surface area contributed by atoms with Gasteiger partial charge in [-0.15, -0.1) is 0 Å². The number of nitrogens with zero attached hydrogens (tertiary/aromatic N) is 4. The fourth-order valence-corrected chi connectivity index (χ4v) is 4.87. The van der Waals surface area contributed by atoms with Gasteiger partial charge in [0.2, 0.25) is 17.6 Å². The Labute approximate surface area is 275 Å². The first-order valence-electron chi connectivity index (χ1n) is 14.6. The maximum absolute atomic E-state index is 13.2. The molecular weight excluding hydrogens is 637 g/mol. The third-order valence-electron chi connectivity index (χ3n) is 7.25. The SMILES string of the molecule is COC(=O)c1cccc(CNc2ccc(-c3nc4ccccc4o3)cc2[N+](=O)[O-])c1.O=[N+]([O-])c1cc(-c2nc3ccccc3o2)ccc1F. The van der Waals surface area contributed by atoms with E-state index in [4.69, 9.17) is 13.6 Å². The molecular formula is C35H24FN5O8. The third kappa shape index (κ3) is 7.07. The van der Waals surface area contributed by atoms with Crippen LogP contribution in [0, 0.1) is 26.0 Å². The third-order valence-corrected chi connectivity index (χ3v) is 7.25. The highest BCUT2D eigenvalue weighted by Gasteiger charge is 2.19. The Morgan fingerprint density at radius 3 is 1.90 bits per heavy atom. The molecule has 7 rings (SSSR count). The summed E-state index contributed by atoms with van der Waals surface area (Å²) < 4.78 is 29.1. The molecule has 0 bridgehead atoms. The van der Waals surface area contributed by atoms with Gasteiger partial charge >= 0.3 is 11.7 Å². The lowest BCUT2D eigenvalue weighted by atomic mass is 10.1. The molecule has 0 unspecified atom stereocenters. The van der Waals surface area contributed by atoms with Crippen molar-refractivity contribution in [1.29, 1.82) is 0 Å². The number of hydrogen-bond acceptors (Lipinski definition) is 11. The van der Waals surface area contributed by atoms with Gasteiger partial charge in [0.05, 0.1) is 22.5 Å². The van der Waals surface area contributed by atoms with Gasteiger partial charge in [-0.2, -0.15) is 4.39 Å². The first-order chi connectivity index (χ1) is 23.7. The first kappa shape index (κ1) is 32.0. The number of ether oxygens (including phenoxy) is 1. The van der Waals surface area contributed by atoms with Crippen molar-refractivity contribution in [2.45, 2.75) is 6.54 Å². The molecule has 49 heavy (non-hydrogen) atoms. The van der Waals surface area contributed by atoms with Gasteiger partial charge in [-0.05, 0) is 66.2 Å². The van der Waals surface area contributed by atoms with Crippen molar-refractivity contribution in [3.63, 3.8) is 0 Å². The standard InChI is InChI=1S/C22H17N3O5.C13H7FN2O3/c1-29-22(26)16-6-4-5-14(11-16)13-23-17-10-9-15(12-19(17)25(27)28)21-24-18-7-2-3-8-20(18)30-21;14-9-6-5-8(7-11(9)16(17)18)13-15-10-3-1-2-4-12(10)19-13/h2-12,23H,13H2,1H3;1-7H. The minimum Gasteiger partial charge on any atom is -0.465 e. The predicted molar refractivity (Wildman–Crippen MR) is 177 cm³/mol. The largest absolute Gasteiger partial charge is 0.465 e. The van der Waals surface area contributed by atoms with Gasteiger partial charge in [0.1, 0.15) is 16.7 Å². The number of hydrogen-bond donors (Lipinski definition) is 1. The minimum atomic E-state index is -0.884. The number of nitro benzene ring substituents is 2. The molecule has 244 valence electrons. The number of halogens is 1. The first-order valence-corrected chi connectivity index (χ1v) is 14.6. The van der Waals surface area contributed by atoms with Crippen molar-refractivity contribution in [1.82, 2.24) is 9.97 Å². The zero-order valence-corrected chi connectivity index (χ0v) is 25.5. The van der Waals surface area contributed by atoms with Gasteiger partial charge in [-0.1, -0.05) is 36.4 Å². The summed E-state index contributed by atoms with van der Waals surface area (Å²) in [4.78, 5) is 41.3. The molecule has 0 aliphatic rings. The molecule has 1 N–H and O–H groups in total. The van der Waals surface area contributed by atoms with Gasteiger partial charge in [0.15, 0.2) is 11.2 Å². The Hall–Kier alpha value is -6.96. The molecule has 0 saturated heterocycles. The Morgan fingerprint density at radius 2 is 1.33 bits per heavy atom. The summed E-state index contributed by atoms with van der Waals surface area (Å²) in [6.45, 7) is 0.300. The summed E-state index contributed by atoms with van der Waals surface area (Å²) in [5.74, 6) is -0.781. The van der Waals surface area contributed by atoms with Crippen LogP contribution in [0.5, 0.6) is 0 Å². The van der Waals surface area contributed by atoms with E-state index in [2.05, 4.69) is 15.3 Å². The van der Waals surface area contributed by atoms with Crippen LogP contribution in [0.15, 0.2) is 118 Å². The zero-order chi connectivity index (χ0) is 34.5. The molecule has 0 fully saturated rings. The quantitative estimate of drug-likeness (QED) is 0.0940. The molecule has 13 nitrogen and oxygen atoms in total. The Balaban J connectivity index is 0.000000188. The predicted octanol–water partition coefficient (Wildman–Crippen LogP) is 8.34. The van der Waals surface area contributed by atoms with Gasteiger partial charge in [0, 0.05) is 29.8 Å². The highest BCUT2D eigenvalue weighted by atomic mass is 19.1. The monoisotopic (exact) mass is 661 g/mol. The van der Waals surface area contributed by atoms with Crippen molar-refractivity contribution in [2.24, 2.45) is 0 Å². The molecule has 0 radical (unpaired) electrons. The van der Waals surface area contributed by atoms with Crippen molar-refractivity contribution in [2.75, 3.05) is 12.4 Å². The van der Waals surface area contributed by atoms with E-state index in [0.717, 1.165) is 17.7 Å². The number of esters is 1. The number of anilines is 1. The van der Waals surface area contributed by atoms with Gasteiger partial charge in [0.25, 0.3) is 5.69 Å². The summed E-state index contributed by atoms with van der Waals surface area (Å²) in [5.41, 5.74) is 4.25. The maximum atomic E-state index is 13.2. The van der Waals surface area contributed by atoms with Gasteiger partial charge < -0.3 is 18.9 Å². The average molecular weight is 662 g/mol. The number of nitrogens with one attached hydrogen (secondary N) is 1. The van der Waals surface area contributed by atoms with Crippen LogP contribution in [0.1, 0.15) is 15.9 Å². The van der Waals surface area contributed by atoms with Crippen molar-refractivity contribution in [3.05, 3.63) is 146 Å². The molecule has 0 aliphatic heterocycles. The van der Waals surface area contributed by atoms with Crippen molar-refractivity contribution in [3.8, 4) is 22.9 Å². The highest BCUT2D eigenvalue weighted by Crippen LogP contribution is 2.32. The molecule has 2 heterocycles. The van der Waals surface area contributed by atoms with E-state index in [9.17, 15) is 29.4 Å².